The summed E-state index contributed by atoms with van der Waals surface area (Å²) in [5.74, 6) is -0.109. The molecule has 5 rings (SSSR count). The van der Waals surface area contributed by atoms with Crippen LogP contribution in [0.5, 0.6) is 0 Å². The summed E-state index contributed by atoms with van der Waals surface area (Å²) in [7, 11) is -3.59. The first-order valence-electron chi connectivity index (χ1n) is 12.0. The molecule has 180 valence electrons. The summed E-state index contributed by atoms with van der Waals surface area (Å²) in [6.07, 6.45) is 6.87. The van der Waals surface area contributed by atoms with Gasteiger partial charge in [0.1, 0.15) is 5.65 Å². The second-order valence-corrected chi connectivity index (χ2v) is 11.1. The molecule has 0 saturated carbocycles. The number of carbonyl (C=O) groups is 1. The topological polar surface area (TPSA) is 78.2 Å². The molecule has 34 heavy (non-hydrogen) atoms. The van der Waals surface area contributed by atoms with Gasteiger partial charge in [0, 0.05) is 63.8 Å². The van der Waals surface area contributed by atoms with E-state index >= 15 is 0 Å². The van der Waals surface area contributed by atoms with Crippen LogP contribution in [0.2, 0.25) is 0 Å². The van der Waals surface area contributed by atoms with E-state index < -0.39 is 10.0 Å². The fourth-order valence-electron chi connectivity index (χ4n) is 4.84. The largest absolute Gasteiger partial charge is 0.336 e. The quantitative estimate of drug-likeness (QED) is 0.560. The molecule has 0 aliphatic carbocycles. The highest BCUT2D eigenvalue weighted by molar-refractivity contribution is 7.89. The van der Waals surface area contributed by atoms with E-state index in [4.69, 9.17) is 0 Å². The number of pyridine rings is 1. The van der Waals surface area contributed by atoms with Crippen LogP contribution in [0, 0.1) is 6.92 Å². The molecule has 8 nitrogen and oxygen atoms in total. The van der Waals surface area contributed by atoms with Gasteiger partial charge in [-0.1, -0.05) is 18.6 Å². The predicted molar refractivity (Wildman–Crippen MR) is 130 cm³/mol. The normalized spacial score (nSPS) is 18.4. The Morgan fingerprint density at radius 1 is 0.971 bits per heavy atom. The van der Waals surface area contributed by atoms with Crippen LogP contribution in [0.1, 0.15) is 40.9 Å². The Balaban J connectivity index is 1.25. The fraction of sp³-hybridized carbons (Fsp3) is 0.440. The third-order valence-electron chi connectivity index (χ3n) is 6.83. The molecular formula is C25H31N5O3S. The number of piperazine rings is 1. The number of aromatic nitrogens is 2. The molecule has 0 unspecified atom stereocenters. The lowest BCUT2D eigenvalue weighted by atomic mass is 10.1. The van der Waals surface area contributed by atoms with Crippen LogP contribution in [-0.4, -0.2) is 77.1 Å². The summed E-state index contributed by atoms with van der Waals surface area (Å²) in [5.41, 5.74) is 3.06. The zero-order valence-corrected chi connectivity index (χ0v) is 20.4. The zero-order chi connectivity index (χ0) is 23.7. The molecule has 0 N–H and O–H groups in total. The zero-order valence-electron chi connectivity index (χ0n) is 19.6. The minimum absolute atomic E-state index is 0.109. The van der Waals surface area contributed by atoms with E-state index in [2.05, 4.69) is 9.88 Å². The van der Waals surface area contributed by atoms with E-state index in [0.29, 0.717) is 37.3 Å². The number of carbonyl (C=O) groups excluding carboxylic acids is 1. The van der Waals surface area contributed by atoms with Crippen molar-refractivity contribution in [3.05, 3.63) is 65.6 Å². The highest BCUT2D eigenvalue weighted by atomic mass is 32.2. The van der Waals surface area contributed by atoms with Gasteiger partial charge in [0.25, 0.3) is 5.91 Å². The van der Waals surface area contributed by atoms with Gasteiger partial charge in [0.2, 0.25) is 10.0 Å². The number of fused-ring (bicyclic) bond motifs is 1. The number of piperidine rings is 1. The minimum atomic E-state index is -3.59. The molecular weight excluding hydrogens is 450 g/mol. The number of amides is 1. The molecule has 0 radical (unpaired) electrons. The summed E-state index contributed by atoms with van der Waals surface area (Å²) in [5, 5.41) is 0. The lowest BCUT2D eigenvalue weighted by Gasteiger charge is -2.34. The van der Waals surface area contributed by atoms with Gasteiger partial charge in [-0.2, -0.15) is 4.31 Å². The number of hydrogen-bond donors (Lipinski definition) is 0. The number of rotatable bonds is 5. The van der Waals surface area contributed by atoms with Crippen molar-refractivity contribution in [2.75, 3.05) is 39.3 Å². The number of sulfonamides is 1. The van der Waals surface area contributed by atoms with Crippen LogP contribution < -0.4 is 0 Å². The van der Waals surface area contributed by atoms with Crippen LogP contribution in [0.3, 0.4) is 0 Å². The lowest BCUT2D eigenvalue weighted by molar-refractivity contribution is 0.0627. The van der Waals surface area contributed by atoms with Crippen molar-refractivity contribution in [2.45, 2.75) is 37.6 Å². The monoisotopic (exact) mass is 481 g/mol. The third-order valence-corrected chi connectivity index (χ3v) is 8.87. The van der Waals surface area contributed by atoms with Crippen LogP contribution in [0.15, 0.2) is 53.7 Å². The molecule has 3 aromatic rings. The third kappa shape index (κ3) is 4.60. The Kier molecular flexibility index (Phi) is 6.42. The molecule has 0 atom stereocenters. The van der Waals surface area contributed by atoms with Gasteiger partial charge >= 0.3 is 0 Å². The van der Waals surface area contributed by atoms with Crippen molar-refractivity contribution >= 4 is 21.6 Å². The maximum absolute atomic E-state index is 13.2. The number of nitrogens with zero attached hydrogens (tertiary/aromatic N) is 5. The molecule has 4 heterocycles. The van der Waals surface area contributed by atoms with Gasteiger partial charge in [0.05, 0.1) is 10.6 Å². The minimum Gasteiger partial charge on any atom is -0.336 e. The summed E-state index contributed by atoms with van der Waals surface area (Å²) in [6.45, 7) is 6.36. The highest BCUT2D eigenvalue weighted by Crippen LogP contribution is 2.25. The second kappa shape index (κ2) is 9.48. The van der Waals surface area contributed by atoms with E-state index in [1.807, 2.05) is 39.9 Å². The van der Waals surface area contributed by atoms with Gasteiger partial charge in [-0.3, -0.25) is 9.69 Å². The molecule has 9 heteroatoms. The average molecular weight is 482 g/mol. The van der Waals surface area contributed by atoms with Crippen LogP contribution >= 0.6 is 0 Å². The maximum Gasteiger partial charge on any atom is 0.253 e. The van der Waals surface area contributed by atoms with Gasteiger partial charge in [0.15, 0.2) is 0 Å². The van der Waals surface area contributed by atoms with Crippen LogP contribution in [0.25, 0.3) is 5.65 Å². The molecule has 2 fully saturated rings. The van der Waals surface area contributed by atoms with Crippen molar-refractivity contribution in [3.63, 3.8) is 0 Å². The first-order chi connectivity index (χ1) is 16.4. The summed E-state index contributed by atoms with van der Waals surface area (Å²) < 4.78 is 30.0. The maximum atomic E-state index is 13.2. The Hall–Kier alpha value is -2.75. The van der Waals surface area contributed by atoms with E-state index in [1.165, 1.54) is 0 Å². The molecule has 0 spiro atoms. The van der Waals surface area contributed by atoms with E-state index in [0.717, 1.165) is 50.2 Å². The predicted octanol–water partition coefficient (Wildman–Crippen LogP) is 2.78. The Morgan fingerprint density at radius 2 is 1.74 bits per heavy atom. The summed E-state index contributed by atoms with van der Waals surface area (Å²) >= 11 is 0. The number of imidazole rings is 1. The first kappa shape index (κ1) is 23.0. The number of benzene rings is 1. The standard InChI is InChI=1S/C25H31N5O3S/c1-20-8-9-21(17-23(20)34(32,33)30-11-4-2-5-12-30)25(31)28-15-13-27(14-16-28)18-22-19-29-10-6-3-7-24(29)26-22/h3,6-10,17,19H,2,4-5,11-16,18H2,1H3. The molecule has 2 aliphatic heterocycles. The first-order valence-corrected chi connectivity index (χ1v) is 13.4. The van der Waals surface area contributed by atoms with Crippen molar-refractivity contribution in [3.8, 4) is 0 Å². The fourth-order valence-corrected chi connectivity index (χ4v) is 6.61. The lowest BCUT2D eigenvalue weighted by Crippen LogP contribution is -2.48. The van der Waals surface area contributed by atoms with E-state index in [1.54, 1.807) is 29.4 Å². The van der Waals surface area contributed by atoms with Crippen molar-refractivity contribution in [1.29, 1.82) is 0 Å². The molecule has 2 saturated heterocycles. The molecule has 2 aliphatic rings. The average Bonchev–Trinajstić information content (AvgIpc) is 3.27. The Bertz CT molecular complexity index is 1260. The molecule has 2 aromatic heterocycles. The number of hydrogen-bond acceptors (Lipinski definition) is 5. The smallest absolute Gasteiger partial charge is 0.253 e. The highest BCUT2D eigenvalue weighted by Gasteiger charge is 2.29. The second-order valence-electron chi connectivity index (χ2n) is 9.21. The Morgan fingerprint density at radius 3 is 2.47 bits per heavy atom. The van der Waals surface area contributed by atoms with Gasteiger partial charge in [-0.15, -0.1) is 0 Å². The van der Waals surface area contributed by atoms with Gasteiger partial charge < -0.3 is 9.30 Å². The van der Waals surface area contributed by atoms with Gasteiger partial charge in [-0.25, -0.2) is 13.4 Å². The SMILES string of the molecule is Cc1ccc(C(=O)N2CCN(Cc3cn4ccccc4n3)CC2)cc1S(=O)(=O)N1CCCCC1. The number of aryl methyl sites for hydroxylation is 1. The Labute approximate surface area is 200 Å². The molecule has 1 aromatic carbocycles. The summed E-state index contributed by atoms with van der Waals surface area (Å²) in [4.78, 5) is 22.3. The van der Waals surface area contributed by atoms with Crippen molar-refractivity contribution in [2.24, 2.45) is 0 Å². The van der Waals surface area contributed by atoms with Crippen LogP contribution in [-0.2, 0) is 16.6 Å². The van der Waals surface area contributed by atoms with Crippen LogP contribution in [0.4, 0.5) is 0 Å². The summed E-state index contributed by atoms with van der Waals surface area (Å²) in [6, 6.07) is 11.0. The van der Waals surface area contributed by atoms with E-state index in [9.17, 15) is 13.2 Å². The van der Waals surface area contributed by atoms with Crippen molar-refractivity contribution < 1.29 is 13.2 Å². The van der Waals surface area contributed by atoms with Crippen molar-refractivity contribution in [1.82, 2.24) is 23.5 Å². The molecule has 0 bridgehead atoms. The van der Waals surface area contributed by atoms with E-state index in [-0.39, 0.29) is 10.8 Å². The molecule has 1 amide bonds. The van der Waals surface area contributed by atoms with Gasteiger partial charge in [-0.05, 0) is 49.6 Å².